The molecule has 0 amide bonds. The Morgan fingerprint density at radius 3 is 2.29 bits per heavy atom. The van der Waals surface area contributed by atoms with Crippen molar-refractivity contribution in [2.45, 2.75) is 12.5 Å². The van der Waals surface area contributed by atoms with Crippen molar-refractivity contribution in [3.8, 4) is 0 Å². The van der Waals surface area contributed by atoms with Gasteiger partial charge in [0.15, 0.2) is 5.78 Å². The maximum absolute atomic E-state index is 12.2. The Morgan fingerprint density at radius 1 is 1.04 bits per heavy atom. The summed E-state index contributed by atoms with van der Waals surface area (Å²) in [5, 5.41) is 19.3. The Bertz CT molecular complexity index is 849. The van der Waals surface area contributed by atoms with Crippen molar-refractivity contribution in [1.82, 2.24) is 5.32 Å². The zero-order chi connectivity index (χ0) is 20.9. The third-order valence-corrected chi connectivity index (χ3v) is 3.94. The zero-order valence-electron chi connectivity index (χ0n) is 15.3. The molecular weight excluding hydrogens is 397 g/mol. The molecule has 0 heterocycles. The van der Waals surface area contributed by atoms with Gasteiger partial charge in [-0.1, -0.05) is 60.7 Å². The summed E-state index contributed by atoms with van der Waals surface area (Å²) >= 11 is 1.06. The number of benzene rings is 2. The third kappa shape index (κ3) is 6.42. The molecule has 0 bridgehead atoms. The number of hydrogen-bond donors (Lipinski definition) is 3. The first-order chi connectivity index (χ1) is 13.6. The fraction of sp³-hybridized carbons (Fsp3) is 0.143. The summed E-state index contributed by atoms with van der Waals surface area (Å²) in [6.45, 7) is 0. The summed E-state index contributed by atoms with van der Waals surface area (Å²) < 4.78 is 8.19. The van der Waals surface area contributed by atoms with Gasteiger partial charge >= 0.3 is 27.0 Å². The van der Waals surface area contributed by atoms with Gasteiger partial charge in [-0.3, -0.25) is 4.79 Å². The Kier molecular flexibility index (Phi) is 10.4. The fourth-order valence-corrected chi connectivity index (χ4v) is 2.68. The summed E-state index contributed by atoms with van der Waals surface area (Å²) in [5.74, 6) is -1.09. The molecular formula is C21H21NO5V. The number of rotatable bonds is 5. The summed E-state index contributed by atoms with van der Waals surface area (Å²) in [6, 6.07) is 16.1. The van der Waals surface area contributed by atoms with Gasteiger partial charge in [0.2, 0.25) is 0 Å². The first-order valence-corrected chi connectivity index (χ1v) is 8.90. The predicted octanol–water partition coefficient (Wildman–Crippen LogP) is 2.40. The molecule has 0 saturated carbocycles. The monoisotopic (exact) mass is 418 g/mol. The van der Waals surface area contributed by atoms with Crippen molar-refractivity contribution in [1.29, 1.82) is 0 Å². The van der Waals surface area contributed by atoms with Crippen LogP contribution in [0.1, 0.15) is 16.7 Å². The van der Waals surface area contributed by atoms with E-state index in [4.69, 9.17) is 8.78 Å². The number of carboxylic acids is 1. The number of nitrogens with one attached hydrogen (secondary N) is 1. The van der Waals surface area contributed by atoms with E-state index in [0.29, 0.717) is 12.0 Å². The van der Waals surface area contributed by atoms with Crippen LogP contribution < -0.4 is 5.32 Å². The van der Waals surface area contributed by atoms with Crippen LogP contribution in [0.3, 0.4) is 0 Å². The fourth-order valence-electron chi connectivity index (χ4n) is 2.68. The Morgan fingerprint density at radius 2 is 1.64 bits per heavy atom. The van der Waals surface area contributed by atoms with Crippen LogP contribution >= 0.6 is 0 Å². The van der Waals surface area contributed by atoms with E-state index in [1.807, 2.05) is 54.6 Å². The molecule has 1 aliphatic carbocycles. The van der Waals surface area contributed by atoms with Crippen molar-refractivity contribution in [2.75, 3.05) is 7.11 Å². The molecule has 0 radical (unpaired) electrons. The van der Waals surface area contributed by atoms with E-state index in [0.717, 1.165) is 41.2 Å². The van der Waals surface area contributed by atoms with Gasteiger partial charge in [-0.15, -0.1) is 0 Å². The second-order valence-corrected chi connectivity index (χ2v) is 5.59. The standard InChI is InChI=1S/C20H17NO3.CH4O.O.V/c22-19-11-10-15-8-4-5-9-16(15)17(19)13-21-18(20(23)24)12-14-6-2-1-3-7-14;1-2;;/h1-11,13,18,21H,12H2,(H,23,24);2H,1H3;;/b17-13-;;;/t18-;;;/m0.../s1. The molecule has 2 aromatic carbocycles. The van der Waals surface area contributed by atoms with E-state index in [2.05, 4.69) is 5.32 Å². The summed E-state index contributed by atoms with van der Waals surface area (Å²) in [7, 11) is 1.00. The van der Waals surface area contributed by atoms with Crippen molar-refractivity contribution in [2.24, 2.45) is 0 Å². The molecule has 0 fully saturated rings. The zero-order valence-corrected chi connectivity index (χ0v) is 16.7. The van der Waals surface area contributed by atoms with Gasteiger partial charge in [-0.05, 0) is 22.8 Å². The van der Waals surface area contributed by atoms with Gasteiger partial charge in [0.05, 0.1) is 0 Å². The molecule has 3 rings (SSSR count). The van der Waals surface area contributed by atoms with Crippen molar-refractivity contribution >= 4 is 23.4 Å². The molecule has 0 unspecified atom stereocenters. The number of aliphatic hydroxyl groups excluding tert-OH is 1. The molecule has 0 aliphatic heterocycles. The summed E-state index contributed by atoms with van der Waals surface area (Å²) in [4.78, 5) is 23.7. The number of aliphatic carboxylic acids is 1. The van der Waals surface area contributed by atoms with E-state index in [9.17, 15) is 14.7 Å². The SMILES string of the molecule is CO.O=C1C=Cc2ccccc2/C1=C/N[C@@H](Cc1ccccc1)C(=O)O.[O]=[V]. The van der Waals surface area contributed by atoms with E-state index in [1.165, 1.54) is 12.3 Å². The van der Waals surface area contributed by atoms with Crippen LogP contribution in [-0.4, -0.2) is 35.1 Å². The van der Waals surface area contributed by atoms with Crippen LogP contribution in [0, 0.1) is 0 Å². The quantitative estimate of drug-likeness (QED) is 0.645. The number of carboxylic acid groups (broad SMARTS) is 1. The van der Waals surface area contributed by atoms with Crippen LogP contribution in [-0.2, 0) is 37.1 Å². The van der Waals surface area contributed by atoms with E-state index >= 15 is 0 Å². The van der Waals surface area contributed by atoms with Gasteiger partial charge < -0.3 is 15.5 Å². The molecule has 28 heavy (non-hydrogen) atoms. The number of allylic oxidation sites excluding steroid dienone is 2. The normalized spacial score (nSPS) is 13.9. The molecule has 1 aliphatic rings. The van der Waals surface area contributed by atoms with Gasteiger partial charge in [0.1, 0.15) is 6.04 Å². The Balaban J connectivity index is 0.000000921. The van der Waals surface area contributed by atoms with Crippen LogP contribution in [0.5, 0.6) is 0 Å². The van der Waals surface area contributed by atoms with Crippen LogP contribution in [0.25, 0.3) is 11.6 Å². The van der Waals surface area contributed by atoms with Crippen LogP contribution in [0.15, 0.2) is 66.9 Å². The van der Waals surface area contributed by atoms with Crippen LogP contribution in [0.2, 0.25) is 0 Å². The molecule has 6 nitrogen and oxygen atoms in total. The van der Waals surface area contributed by atoms with E-state index < -0.39 is 12.0 Å². The van der Waals surface area contributed by atoms with Gasteiger partial charge in [-0.2, -0.15) is 0 Å². The number of hydrogen-bond acceptors (Lipinski definition) is 5. The molecule has 0 saturated heterocycles. The average molecular weight is 418 g/mol. The minimum atomic E-state index is -0.956. The molecule has 145 valence electrons. The number of ketones is 1. The minimum absolute atomic E-state index is 0.134. The number of carbonyl (C=O) groups excluding carboxylic acids is 1. The first kappa shape index (κ1) is 23.2. The van der Waals surface area contributed by atoms with Gasteiger partial charge in [0.25, 0.3) is 0 Å². The molecule has 1 atom stereocenters. The third-order valence-electron chi connectivity index (χ3n) is 3.94. The second-order valence-electron chi connectivity index (χ2n) is 5.59. The molecule has 2 aromatic rings. The number of fused-ring (bicyclic) bond motifs is 1. The Labute approximate surface area is 172 Å². The molecule has 7 heteroatoms. The van der Waals surface area contributed by atoms with Gasteiger partial charge in [0, 0.05) is 25.3 Å². The van der Waals surface area contributed by atoms with Crippen molar-refractivity contribution in [3.05, 3.63) is 83.6 Å². The van der Waals surface area contributed by atoms with Crippen molar-refractivity contribution < 1.29 is 40.8 Å². The molecule has 3 N–H and O–H groups in total. The summed E-state index contributed by atoms with van der Waals surface area (Å²) in [5.41, 5.74) is 3.15. The molecule has 0 aromatic heterocycles. The number of carbonyl (C=O) groups is 2. The van der Waals surface area contributed by atoms with E-state index in [-0.39, 0.29) is 5.78 Å². The van der Waals surface area contributed by atoms with E-state index in [1.54, 1.807) is 6.08 Å². The molecule has 0 spiro atoms. The van der Waals surface area contributed by atoms with Gasteiger partial charge in [-0.25, -0.2) is 4.79 Å². The average Bonchev–Trinajstić information content (AvgIpc) is 2.75. The Hall–Kier alpha value is -2.80. The predicted molar refractivity (Wildman–Crippen MR) is 102 cm³/mol. The van der Waals surface area contributed by atoms with Crippen molar-refractivity contribution in [3.63, 3.8) is 0 Å². The topological polar surface area (TPSA) is 104 Å². The number of aliphatic hydroxyl groups is 1. The first-order valence-electron chi connectivity index (χ1n) is 8.33. The maximum atomic E-state index is 12.2. The second kappa shape index (κ2) is 12.6. The van der Waals surface area contributed by atoms with Crippen LogP contribution in [0.4, 0.5) is 0 Å². The summed E-state index contributed by atoms with van der Waals surface area (Å²) in [6.07, 6.45) is 5.13.